The zero-order valence-corrected chi connectivity index (χ0v) is 26.8. The lowest BCUT2D eigenvalue weighted by molar-refractivity contribution is -0.145. The minimum atomic E-state index is 0.0527. The Morgan fingerprint density at radius 1 is 0.421 bits per heavy atom. The molecule has 0 fully saturated rings. The van der Waals surface area contributed by atoms with E-state index in [1.807, 2.05) is 0 Å². The predicted octanol–water partition coefficient (Wildman–Crippen LogP) is 12.9. The number of esters is 1. The van der Waals surface area contributed by atoms with Crippen molar-refractivity contribution in [1.29, 1.82) is 0 Å². The molecule has 0 aromatic rings. The minimum absolute atomic E-state index is 0.0527. The van der Waals surface area contributed by atoms with Crippen LogP contribution in [0.1, 0.15) is 213 Å². The first-order chi connectivity index (χ1) is 18.7. The molecule has 0 spiro atoms. The van der Waals surface area contributed by atoms with Crippen molar-refractivity contribution in [2.24, 2.45) is 5.92 Å². The van der Waals surface area contributed by atoms with Gasteiger partial charge in [0, 0.05) is 6.42 Å². The number of hydrogen-bond donors (Lipinski definition) is 0. The largest absolute Gasteiger partial charge is 0.465 e. The van der Waals surface area contributed by atoms with Crippen LogP contribution in [-0.2, 0) is 9.53 Å². The van der Waals surface area contributed by atoms with Gasteiger partial charge in [-0.2, -0.15) is 0 Å². The third kappa shape index (κ3) is 30.0. The quantitative estimate of drug-likeness (QED) is 0.0631. The fourth-order valence-electron chi connectivity index (χ4n) is 5.66. The summed E-state index contributed by atoms with van der Waals surface area (Å²) in [5.74, 6) is 0.633. The normalized spacial score (nSPS) is 12.2. The summed E-state index contributed by atoms with van der Waals surface area (Å²) in [6.45, 7) is 7.53. The highest BCUT2D eigenvalue weighted by atomic mass is 16.5. The van der Waals surface area contributed by atoms with Gasteiger partial charge in [0.15, 0.2) is 0 Å². The summed E-state index contributed by atoms with van der Waals surface area (Å²) in [5, 5.41) is 0. The van der Waals surface area contributed by atoms with Gasteiger partial charge >= 0.3 is 5.97 Å². The van der Waals surface area contributed by atoms with Crippen molar-refractivity contribution >= 4 is 5.97 Å². The van der Waals surface area contributed by atoms with E-state index in [1.165, 1.54) is 180 Å². The highest BCUT2D eigenvalue weighted by molar-refractivity contribution is 5.69. The van der Waals surface area contributed by atoms with Gasteiger partial charge in [0.05, 0.1) is 6.61 Å². The molecular formula is C36H72O2. The number of rotatable bonds is 32. The lowest BCUT2D eigenvalue weighted by atomic mass is 9.94. The summed E-state index contributed by atoms with van der Waals surface area (Å²) < 4.78 is 5.79. The van der Waals surface area contributed by atoms with Crippen molar-refractivity contribution in [2.75, 3.05) is 6.61 Å². The molecule has 0 heterocycles. The van der Waals surface area contributed by atoms with E-state index in [0.717, 1.165) is 6.42 Å². The fourth-order valence-corrected chi connectivity index (χ4v) is 5.66. The van der Waals surface area contributed by atoms with Crippen molar-refractivity contribution in [1.82, 2.24) is 0 Å². The molecule has 0 radical (unpaired) electrons. The van der Waals surface area contributed by atoms with Crippen LogP contribution < -0.4 is 0 Å². The molecular weight excluding hydrogens is 464 g/mol. The maximum atomic E-state index is 12.4. The molecule has 0 aliphatic rings. The van der Waals surface area contributed by atoms with Gasteiger partial charge in [-0.1, -0.05) is 188 Å². The van der Waals surface area contributed by atoms with Gasteiger partial charge < -0.3 is 4.74 Å². The molecule has 1 unspecified atom stereocenters. The molecule has 38 heavy (non-hydrogen) atoms. The molecule has 0 saturated carbocycles. The molecule has 0 aliphatic carbocycles. The van der Waals surface area contributed by atoms with Crippen LogP contribution in [0.5, 0.6) is 0 Å². The molecule has 0 aromatic heterocycles. The summed E-state index contributed by atoms with van der Waals surface area (Å²) in [6.07, 6.45) is 39.7. The first-order valence-electron chi connectivity index (χ1n) is 17.9. The first kappa shape index (κ1) is 37.5. The van der Waals surface area contributed by atoms with Gasteiger partial charge in [-0.15, -0.1) is 0 Å². The van der Waals surface area contributed by atoms with Gasteiger partial charge in [0.2, 0.25) is 0 Å². The molecule has 0 N–H and O–H groups in total. The number of unbranched alkanes of at least 4 members (excludes halogenated alkanes) is 24. The van der Waals surface area contributed by atoms with Crippen LogP contribution in [-0.4, -0.2) is 12.6 Å². The summed E-state index contributed by atoms with van der Waals surface area (Å²) in [5.41, 5.74) is 0. The number of ether oxygens (including phenoxy) is 1. The summed E-state index contributed by atoms with van der Waals surface area (Å²) in [4.78, 5) is 12.4. The van der Waals surface area contributed by atoms with Crippen LogP contribution in [0.4, 0.5) is 0 Å². The molecule has 0 bridgehead atoms. The van der Waals surface area contributed by atoms with Gasteiger partial charge in [-0.3, -0.25) is 4.79 Å². The summed E-state index contributed by atoms with van der Waals surface area (Å²) >= 11 is 0. The van der Waals surface area contributed by atoms with E-state index in [2.05, 4.69) is 20.8 Å². The average Bonchev–Trinajstić information content (AvgIpc) is 2.92. The van der Waals surface area contributed by atoms with Crippen LogP contribution in [0, 0.1) is 5.92 Å². The van der Waals surface area contributed by atoms with E-state index in [0.29, 0.717) is 18.9 Å². The Bertz CT molecular complexity index is 447. The molecule has 0 aromatic carbocycles. The second-order valence-corrected chi connectivity index (χ2v) is 12.4. The maximum Gasteiger partial charge on any atom is 0.305 e. The van der Waals surface area contributed by atoms with Crippen molar-refractivity contribution < 1.29 is 9.53 Å². The molecule has 228 valence electrons. The molecule has 2 heteroatoms. The van der Waals surface area contributed by atoms with E-state index in [-0.39, 0.29) is 5.97 Å². The second-order valence-electron chi connectivity index (χ2n) is 12.4. The van der Waals surface area contributed by atoms with Gasteiger partial charge in [-0.25, -0.2) is 0 Å². The Balaban J connectivity index is 3.85. The Labute approximate surface area is 241 Å². The predicted molar refractivity (Wildman–Crippen MR) is 170 cm³/mol. The molecule has 0 saturated heterocycles. The Morgan fingerprint density at radius 2 is 0.711 bits per heavy atom. The van der Waals surface area contributed by atoms with Crippen molar-refractivity contribution in [3.8, 4) is 0 Å². The minimum Gasteiger partial charge on any atom is -0.465 e. The van der Waals surface area contributed by atoms with E-state index >= 15 is 0 Å². The second kappa shape index (κ2) is 32.7. The topological polar surface area (TPSA) is 26.3 Å². The zero-order chi connectivity index (χ0) is 27.8. The number of carbonyl (C=O) groups excluding carboxylic acids is 1. The molecule has 0 aliphatic heterocycles. The third-order valence-corrected chi connectivity index (χ3v) is 8.40. The maximum absolute atomic E-state index is 12.4. The van der Waals surface area contributed by atoms with Gasteiger partial charge in [0.1, 0.15) is 0 Å². The zero-order valence-electron chi connectivity index (χ0n) is 26.8. The Hall–Kier alpha value is -0.530. The average molecular weight is 537 g/mol. The lowest BCUT2D eigenvalue weighted by Crippen LogP contribution is -2.14. The van der Waals surface area contributed by atoms with Crippen molar-refractivity contribution in [3.63, 3.8) is 0 Å². The highest BCUT2D eigenvalue weighted by Gasteiger charge is 2.12. The smallest absolute Gasteiger partial charge is 0.305 e. The van der Waals surface area contributed by atoms with E-state index in [4.69, 9.17) is 4.74 Å². The summed E-state index contributed by atoms with van der Waals surface area (Å²) in [7, 11) is 0. The summed E-state index contributed by atoms with van der Waals surface area (Å²) in [6, 6.07) is 0. The van der Waals surface area contributed by atoms with Crippen molar-refractivity contribution in [2.45, 2.75) is 213 Å². The fraction of sp³-hybridized carbons (Fsp3) is 0.972. The Kier molecular flexibility index (Phi) is 32.2. The van der Waals surface area contributed by atoms with E-state index in [9.17, 15) is 4.79 Å². The van der Waals surface area contributed by atoms with Crippen LogP contribution in [0.2, 0.25) is 0 Å². The van der Waals surface area contributed by atoms with E-state index in [1.54, 1.807) is 0 Å². The first-order valence-corrected chi connectivity index (χ1v) is 17.9. The highest BCUT2D eigenvalue weighted by Crippen LogP contribution is 2.21. The van der Waals surface area contributed by atoms with Crippen molar-refractivity contribution in [3.05, 3.63) is 0 Å². The molecule has 0 amide bonds. The molecule has 1 atom stereocenters. The van der Waals surface area contributed by atoms with Crippen LogP contribution in [0.25, 0.3) is 0 Å². The number of hydrogen-bond acceptors (Lipinski definition) is 2. The standard InChI is InChI=1S/C36H72O2/c1-4-7-10-13-16-18-19-20-21-22-24-27-30-33-36(37)38-34-35(31-28-25-15-12-9-6-3)32-29-26-23-17-14-11-8-5-2/h35H,4-34H2,1-3H3. The van der Waals surface area contributed by atoms with Crippen LogP contribution in [0.15, 0.2) is 0 Å². The monoisotopic (exact) mass is 537 g/mol. The van der Waals surface area contributed by atoms with Crippen LogP contribution >= 0.6 is 0 Å². The SMILES string of the molecule is CCCCCCCCCCCCCCCC(=O)OCC(CCCCCCCC)CCCCCCCCCC. The van der Waals surface area contributed by atoms with Gasteiger partial charge in [-0.05, 0) is 25.2 Å². The number of carbonyl (C=O) groups is 1. The van der Waals surface area contributed by atoms with Gasteiger partial charge in [0.25, 0.3) is 0 Å². The van der Waals surface area contributed by atoms with E-state index < -0.39 is 0 Å². The Morgan fingerprint density at radius 3 is 1.05 bits per heavy atom. The van der Waals surface area contributed by atoms with Crippen LogP contribution in [0.3, 0.4) is 0 Å². The third-order valence-electron chi connectivity index (χ3n) is 8.40. The lowest BCUT2D eigenvalue weighted by Gasteiger charge is -2.17. The molecule has 2 nitrogen and oxygen atoms in total. The molecule has 0 rings (SSSR count).